The molecule has 0 aliphatic carbocycles. The summed E-state index contributed by atoms with van der Waals surface area (Å²) in [6.45, 7) is 5.12. The molecule has 0 aromatic carbocycles. The number of nitrogens with zero attached hydrogens (tertiary/aromatic N) is 1. The van der Waals surface area contributed by atoms with Gasteiger partial charge in [0.05, 0.1) is 12.2 Å². The number of hydrogen-bond acceptors (Lipinski definition) is 4. The van der Waals surface area contributed by atoms with Crippen LogP contribution in [0.2, 0.25) is 0 Å². The SMILES string of the molecule is CN(Cc1sccc1C#CCCO)CC(C)(C)O. The van der Waals surface area contributed by atoms with E-state index in [1.807, 2.05) is 18.5 Å². The van der Waals surface area contributed by atoms with E-state index in [1.54, 1.807) is 25.2 Å². The topological polar surface area (TPSA) is 43.7 Å². The van der Waals surface area contributed by atoms with Crippen LogP contribution >= 0.6 is 11.3 Å². The molecule has 0 radical (unpaired) electrons. The van der Waals surface area contributed by atoms with Crippen molar-refractivity contribution in [1.29, 1.82) is 0 Å². The fourth-order valence-corrected chi connectivity index (χ4v) is 2.66. The van der Waals surface area contributed by atoms with Crippen LogP contribution in [0.15, 0.2) is 11.4 Å². The van der Waals surface area contributed by atoms with E-state index in [2.05, 4.69) is 16.7 Å². The van der Waals surface area contributed by atoms with Gasteiger partial charge in [-0.1, -0.05) is 11.8 Å². The maximum atomic E-state index is 9.77. The van der Waals surface area contributed by atoms with Crippen LogP contribution < -0.4 is 0 Å². The highest BCUT2D eigenvalue weighted by molar-refractivity contribution is 7.10. The summed E-state index contributed by atoms with van der Waals surface area (Å²) in [6, 6.07) is 2.00. The van der Waals surface area contributed by atoms with E-state index in [-0.39, 0.29) is 6.61 Å². The third-order valence-electron chi connectivity index (χ3n) is 2.28. The fraction of sp³-hybridized carbons (Fsp3) is 0.571. The second kappa shape index (κ2) is 6.91. The van der Waals surface area contributed by atoms with E-state index in [9.17, 15) is 5.11 Å². The van der Waals surface area contributed by atoms with Crippen LogP contribution in [-0.2, 0) is 6.54 Å². The molecule has 0 atom stereocenters. The number of likely N-dealkylation sites (N-methyl/N-ethyl adjacent to an activating group) is 1. The number of aliphatic hydroxyl groups excluding tert-OH is 1. The predicted octanol–water partition coefficient (Wildman–Crippen LogP) is 1.68. The van der Waals surface area contributed by atoms with E-state index in [4.69, 9.17) is 5.11 Å². The molecule has 3 nitrogen and oxygen atoms in total. The monoisotopic (exact) mass is 267 g/mol. The maximum absolute atomic E-state index is 9.77. The van der Waals surface area contributed by atoms with Crippen molar-refractivity contribution in [2.75, 3.05) is 20.2 Å². The van der Waals surface area contributed by atoms with E-state index in [1.165, 1.54) is 4.88 Å². The zero-order valence-electron chi connectivity index (χ0n) is 11.2. The Morgan fingerprint density at radius 2 is 2.17 bits per heavy atom. The third-order valence-corrected chi connectivity index (χ3v) is 3.18. The predicted molar refractivity (Wildman–Crippen MR) is 75.5 cm³/mol. The zero-order valence-corrected chi connectivity index (χ0v) is 12.0. The minimum absolute atomic E-state index is 0.102. The van der Waals surface area contributed by atoms with Crippen LogP contribution in [0.25, 0.3) is 0 Å². The Labute approximate surface area is 113 Å². The van der Waals surface area contributed by atoms with Gasteiger partial charge in [0, 0.05) is 30.0 Å². The van der Waals surface area contributed by atoms with E-state index in [0.29, 0.717) is 13.0 Å². The molecule has 0 spiro atoms. The summed E-state index contributed by atoms with van der Waals surface area (Å²) >= 11 is 1.67. The molecular weight excluding hydrogens is 246 g/mol. The highest BCUT2D eigenvalue weighted by Crippen LogP contribution is 2.18. The first-order valence-corrected chi connectivity index (χ1v) is 6.87. The minimum atomic E-state index is -0.686. The summed E-state index contributed by atoms with van der Waals surface area (Å²) in [7, 11) is 1.99. The van der Waals surface area contributed by atoms with E-state index in [0.717, 1.165) is 12.1 Å². The molecule has 0 fully saturated rings. The van der Waals surface area contributed by atoms with Crippen LogP contribution in [0.4, 0.5) is 0 Å². The molecule has 0 amide bonds. The first-order valence-electron chi connectivity index (χ1n) is 5.99. The maximum Gasteiger partial charge on any atom is 0.0718 e. The Bertz CT molecular complexity index is 423. The first kappa shape index (κ1) is 15.2. The molecule has 1 aromatic rings. The smallest absolute Gasteiger partial charge is 0.0718 e. The van der Waals surface area contributed by atoms with Gasteiger partial charge < -0.3 is 10.2 Å². The van der Waals surface area contributed by atoms with Gasteiger partial charge in [0.15, 0.2) is 0 Å². The van der Waals surface area contributed by atoms with E-state index < -0.39 is 5.60 Å². The summed E-state index contributed by atoms with van der Waals surface area (Å²) < 4.78 is 0. The van der Waals surface area contributed by atoms with Crippen molar-refractivity contribution in [3.8, 4) is 11.8 Å². The molecule has 0 saturated carbocycles. The van der Waals surface area contributed by atoms with Crippen LogP contribution in [0.3, 0.4) is 0 Å². The lowest BCUT2D eigenvalue weighted by Gasteiger charge is -2.25. The Morgan fingerprint density at radius 1 is 1.44 bits per heavy atom. The van der Waals surface area contributed by atoms with Crippen molar-refractivity contribution in [3.63, 3.8) is 0 Å². The number of aliphatic hydroxyl groups is 2. The van der Waals surface area contributed by atoms with Gasteiger partial charge in [-0.25, -0.2) is 0 Å². The quantitative estimate of drug-likeness (QED) is 0.798. The van der Waals surface area contributed by atoms with Crippen molar-refractivity contribution >= 4 is 11.3 Å². The fourth-order valence-electron chi connectivity index (χ4n) is 1.75. The summed E-state index contributed by atoms with van der Waals surface area (Å²) in [4.78, 5) is 3.29. The molecule has 0 aliphatic rings. The largest absolute Gasteiger partial charge is 0.395 e. The van der Waals surface area contributed by atoms with Crippen molar-refractivity contribution in [3.05, 3.63) is 21.9 Å². The number of thiophene rings is 1. The van der Waals surface area contributed by atoms with Gasteiger partial charge in [-0.3, -0.25) is 4.90 Å². The second-order valence-corrected chi connectivity index (χ2v) is 6.02. The van der Waals surface area contributed by atoms with Gasteiger partial charge in [-0.05, 0) is 32.3 Å². The van der Waals surface area contributed by atoms with Crippen LogP contribution in [0.1, 0.15) is 30.7 Å². The Balaban J connectivity index is 2.63. The van der Waals surface area contributed by atoms with Crippen LogP contribution in [0.5, 0.6) is 0 Å². The number of rotatable bonds is 5. The molecule has 4 heteroatoms. The molecule has 1 aromatic heterocycles. The lowest BCUT2D eigenvalue weighted by atomic mass is 10.1. The second-order valence-electron chi connectivity index (χ2n) is 5.02. The van der Waals surface area contributed by atoms with Gasteiger partial charge in [0.25, 0.3) is 0 Å². The standard InChI is InChI=1S/C14H21NO2S/c1-14(2,17)11-15(3)10-13-12(7-9-18-13)6-4-5-8-16/h7,9,16-17H,5,8,10-11H2,1-3H3. The summed E-state index contributed by atoms with van der Waals surface area (Å²) in [5.74, 6) is 6.01. The minimum Gasteiger partial charge on any atom is -0.395 e. The molecule has 2 N–H and O–H groups in total. The Kier molecular flexibility index (Phi) is 5.83. The average molecular weight is 267 g/mol. The zero-order chi connectivity index (χ0) is 13.6. The van der Waals surface area contributed by atoms with Gasteiger partial charge in [-0.2, -0.15) is 0 Å². The molecule has 0 bridgehead atoms. The Hall–Kier alpha value is -0.860. The summed E-state index contributed by atoms with van der Waals surface area (Å²) in [5, 5.41) is 20.5. The van der Waals surface area contributed by atoms with Crippen molar-refractivity contribution in [1.82, 2.24) is 4.90 Å². The molecule has 100 valence electrons. The highest BCUT2D eigenvalue weighted by Gasteiger charge is 2.16. The lowest BCUT2D eigenvalue weighted by molar-refractivity contribution is 0.0427. The van der Waals surface area contributed by atoms with Crippen LogP contribution in [0, 0.1) is 11.8 Å². The van der Waals surface area contributed by atoms with Crippen molar-refractivity contribution < 1.29 is 10.2 Å². The van der Waals surface area contributed by atoms with Gasteiger partial charge in [0.1, 0.15) is 0 Å². The average Bonchev–Trinajstić information content (AvgIpc) is 2.63. The Morgan fingerprint density at radius 3 is 2.78 bits per heavy atom. The van der Waals surface area contributed by atoms with Crippen LogP contribution in [-0.4, -0.2) is 40.9 Å². The molecule has 0 saturated heterocycles. The number of hydrogen-bond donors (Lipinski definition) is 2. The lowest BCUT2D eigenvalue weighted by Crippen LogP contribution is -2.35. The van der Waals surface area contributed by atoms with Crippen molar-refractivity contribution in [2.24, 2.45) is 0 Å². The van der Waals surface area contributed by atoms with Gasteiger partial charge in [0.2, 0.25) is 0 Å². The summed E-state index contributed by atoms with van der Waals surface area (Å²) in [6.07, 6.45) is 0.509. The molecule has 1 rings (SSSR count). The van der Waals surface area contributed by atoms with Crippen molar-refractivity contribution in [2.45, 2.75) is 32.4 Å². The summed E-state index contributed by atoms with van der Waals surface area (Å²) in [5.41, 5.74) is 0.338. The van der Waals surface area contributed by atoms with E-state index >= 15 is 0 Å². The molecule has 0 aliphatic heterocycles. The third kappa shape index (κ3) is 5.65. The van der Waals surface area contributed by atoms with Gasteiger partial charge >= 0.3 is 0 Å². The first-order chi connectivity index (χ1) is 8.42. The highest BCUT2D eigenvalue weighted by atomic mass is 32.1. The molecule has 0 unspecified atom stereocenters. The molecule has 1 heterocycles. The normalized spacial score (nSPS) is 11.4. The molecular formula is C14H21NO2S. The van der Waals surface area contributed by atoms with Gasteiger partial charge in [-0.15, -0.1) is 11.3 Å². The molecule has 18 heavy (non-hydrogen) atoms.